The van der Waals surface area contributed by atoms with Crippen LogP contribution in [0.2, 0.25) is 10.0 Å². The highest BCUT2D eigenvalue weighted by molar-refractivity contribution is 7.92. The van der Waals surface area contributed by atoms with Crippen LogP contribution in [-0.4, -0.2) is 14.7 Å². The van der Waals surface area contributed by atoms with E-state index in [4.69, 9.17) is 23.2 Å². The molecular formula is C7H7Cl2NO2S. The van der Waals surface area contributed by atoms with Gasteiger partial charge < -0.3 is 0 Å². The van der Waals surface area contributed by atoms with Gasteiger partial charge in [0.05, 0.1) is 22.0 Å². The molecule has 72 valence electrons. The first-order valence-corrected chi connectivity index (χ1v) is 5.97. The summed E-state index contributed by atoms with van der Waals surface area (Å²) in [4.78, 5) is 0. The Morgan fingerprint density at radius 1 is 1.23 bits per heavy atom. The quantitative estimate of drug-likeness (QED) is 0.862. The van der Waals surface area contributed by atoms with Gasteiger partial charge in [0, 0.05) is 0 Å². The summed E-state index contributed by atoms with van der Waals surface area (Å²) < 4.78 is 24.0. The van der Waals surface area contributed by atoms with Crippen LogP contribution in [0.1, 0.15) is 0 Å². The number of rotatable bonds is 2. The van der Waals surface area contributed by atoms with E-state index in [9.17, 15) is 8.42 Å². The maximum absolute atomic E-state index is 10.9. The van der Waals surface area contributed by atoms with Crippen molar-refractivity contribution in [3.05, 3.63) is 28.2 Å². The Bertz CT molecular complexity index is 396. The Hall–Kier alpha value is -0.450. The van der Waals surface area contributed by atoms with Gasteiger partial charge in [0.15, 0.2) is 0 Å². The Kier molecular flexibility index (Phi) is 3.05. The number of benzene rings is 1. The molecule has 0 aliphatic heterocycles. The summed E-state index contributed by atoms with van der Waals surface area (Å²) in [6.07, 6.45) is 1.03. The molecule has 3 nitrogen and oxygen atoms in total. The monoisotopic (exact) mass is 239 g/mol. The Morgan fingerprint density at radius 2 is 1.69 bits per heavy atom. The Morgan fingerprint density at radius 3 is 2.08 bits per heavy atom. The van der Waals surface area contributed by atoms with Crippen molar-refractivity contribution < 1.29 is 8.42 Å². The maximum Gasteiger partial charge on any atom is 0.229 e. The maximum atomic E-state index is 10.9. The van der Waals surface area contributed by atoms with E-state index in [2.05, 4.69) is 4.72 Å². The van der Waals surface area contributed by atoms with Crippen molar-refractivity contribution in [2.45, 2.75) is 0 Å². The number of sulfonamides is 1. The number of hydrogen-bond donors (Lipinski definition) is 1. The molecule has 1 aromatic carbocycles. The molecule has 0 aliphatic carbocycles. The third-order valence-electron chi connectivity index (χ3n) is 1.25. The molecule has 0 fully saturated rings. The van der Waals surface area contributed by atoms with Crippen LogP contribution in [0.15, 0.2) is 18.2 Å². The van der Waals surface area contributed by atoms with Gasteiger partial charge in [0.2, 0.25) is 10.0 Å². The lowest BCUT2D eigenvalue weighted by Gasteiger charge is -2.07. The van der Waals surface area contributed by atoms with Gasteiger partial charge in [-0.15, -0.1) is 0 Å². The van der Waals surface area contributed by atoms with Crippen molar-refractivity contribution in [2.75, 3.05) is 11.0 Å². The molecule has 6 heteroatoms. The summed E-state index contributed by atoms with van der Waals surface area (Å²) in [6.45, 7) is 0. The first kappa shape index (κ1) is 10.6. The largest absolute Gasteiger partial charge is 0.281 e. The average molecular weight is 240 g/mol. The van der Waals surface area contributed by atoms with Crippen LogP contribution in [0.5, 0.6) is 0 Å². The number of anilines is 1. The second-order valence-corrected chi connectivity index (χ2v) is 5.03. The predicted octanol–water partition coefficient (Wildman–Crippen LogP) is 2.36. The minimum Gasteiger partial charge on any atom is -0.281 e. The molecule has 1 rings (SSSR count). The van der Waals surface area contributed by atoms with Crippen molar-refractivity contribution in [2.24, 2.45) is 0 Å². The second kappa shape index (κ2) is 3.74. The lowest BCUT2D eigenvalue weighted by Crippen LogP contribution is -2.10. The van der Waals surface area contributed by atoms with Crippen molar-refractivity contribution in [1.29, 1.82) is 0 Å². The van der Waals surface area contributed by atoms with E-state index in [1.165, 1.54) is 0 Å². The predicted molar refractivity (Wildman–Crippen MR) is 54.9 cm³/mol. The molecule has 1 aromatic rings. The summed E-state index contributed by atoms with van der Waals surface area (Å²) in [5.41, 5.74) is 0.216. The standard InChI is InChI=1S/C7H7Cl2NO2S/c1-13(11,12)10-7-5(8)3-2-4-6(7)9/h2-4,10H,1H3. The topological polar surface area (TPSA) is 46.2 Å². The van der Waals surface area contributed by atoms with Gasteiger partial charge in [-0.1, -0.05) is 29.3 Å². The number of para-hydroxylation sites is 1. The third kappa shape index (κ3) is 3.06. The lowest BCUT2D eigenvalue weighted by atomic mass is 10.3. The molecule has 0 heterocycles. The SMILES string of the molecule is CS(=O)(=O)Nc1c(Cl)cccc1Cl. The van der Waals surface area contributed by atoms with Crippen LogP contribution < -0.4 is 4.72 Å². The minimum atomic E-state index is -3.34. The summed E-state index contributed by atoms with van der Waals surface area (Å²) in [6, 6.07) is 4.75. The first-order valence-electron chi connectivity index (χ1n) is 3.32. The first-order chi connectivity index (χ1) is 5.90. The summed E-state index contributed by atoms with van der Waals surface area (Å²) in [5.74, 6) is 0. The molecular weight excluding hydrogens is 233 g/mol. The van der Waals surface area contributed by atoms with E-state index < -0.39 is 10.0 Å². The fourth-order valence-electron chi connectivity index (χ4n) is 0.781. The van der Waals surface area contributed by atoms with Crippen molar-refractivity contribution in [3.8, 4) is 0 Å². The third-order valence-corrected chi connectivity index (χ3v) is 2.46. The van der Waals surface area contributed by atoms with E-state index in [0.29, 0.717) is 0 Å². The summed E-state index contributed by atoms with van der Waals surface area (Å²) in [5, 5.41) is 0.552. The van der Waals surface area contributed by atoms with E-state index >= 15 is 0 Å². The lowest BCUT2D eigenvalue weighted by molar-refractivity contribution is 0.607. The van der Waals surface area contributed by atoms with Gasteiger partial charge in [-0.3, -0.25) is 4.72 Å². The molecule has 0 spiro atoms. The average Bonchev–Trinajstić information content (AvgIpc) is 1.95. The molecule has 13 heavy (non-hydrogen) atoms. The van der Waals surface area contributed by atoms with Gasteiger partial charge >= 0.3 is 0 Å². The van der Waals surface area contributed by atoms with E-state index in [1.807, 2.05) is 0 Å². The van der Waals surface area contributed by atoms with Crippen LogP contribution >= 0.6 is 23.2 Å². The highest BCUT2D eigenvalue weighted by Gasteiger charge is 2.09. The van der Waals surface area contributed by atoms with E-state index in [1.54, 1.807) is 18.2 Å². The van der Waals surface area contributed by atoms with Gasteiger partial charge in [0.25, 0.3) is 0 Å². The molecule has 1 N–H and O–H groups in total. The normalized spacial score (nSPS) is 11.3. The summed E-state index contributed by atoms with van der Waals surface area (Å²) in [7, 11) is -3.34. The van der Waals surface area contributed by atoms with Crippen LogP contribution in [0.3, 0.4) is 0 Å². The molecule has 0 aromatic heterocycles. The molecule has 0 aliphatic rings. The molecule has 0 atom stereocenters. The zero-order chi connectivity index (χ0) is 10.1. The van der Waals surface area contributed by atoms with E-state index in [0.717, 1.165) is 6.26 Å². The van der Waals surface area contributed by atoms with Gasteiger partial charge in [0.1, 0.15) is 0 Å². The number of nitrogens with one attached hydrogen (secondary N) is 1. The fraction of sp³-hybridized carbons (Fsp3) is 0.143. The highest BCUT2D eigenvalue weighted by atomic mass is 35.5. The Balaban J connectivity index is 3.15. The molecule has 0 bridgehead atoms. The van der Waals surface area contributed by atoms with Gasteiger partial charge in [-0.2, -0.15) is 0 Å². The number of halogens is 2. The highest BCUT2D eigenvalue weighted by Crippen LogP contribution is 2.30. The zero-order valence-corrected chi connectivity index (χ0v) is 9.04. The van der Waals surface area contributed by atoms with Gasteiger partial charge in [-0.05, 0) is 12.1 Å². The van der Waals surface area contributed by atoms with Crippen molar-refractivity contribution in [3.63, 3.8) is 0 Å². The second-order valence-electron chi connectivity index (χ2n) is 2.47. The van der Waals surface area contributed by atoms with Crippen molar-refractivity contribution >= 4 is 38.9 Å². The van der Waals surface area contributed by atoms with E-state index in [-0.39, 0.29) is 15.7 Å². The minimum absolute atomic E-state index is 0.216. The number of hydrogen-bond acceptors (Lipinski definition) is 2. The molecule has 0 amide bonds. The summed E-state index contributed by atoms with van der Waals surface area (Å²) >= 11 is 11.4. The van der Waals surface area contributed by atoms with Crippen molar-refractivity contribution in [1.82, 2.24) is 0 Å². The molecule has 0 saturated carbocycles. The fourth-order valence-corrected chi connectivity index (χ4v) is 1.98. The molecule has 0 saturated heterocycles. The Labute approximate surface area is 86.7 Å². The molecule has 0 unspecified atom stereocenters. The molecule has 0 radical (unpaired) electrons. The zero-order valence-electron chi connectivity index (χ0n) is 6.71. The van der Waals surface area contributed by atoms with Crippen LogP contribution in [0.25, 0.3) is 0 Å². The van der Waals surface area contributed by atoms with Crippen LogP contribution in [-0.2, 0) is 10.0 Å². The smallest absolute Gasteiger partial charge is 0.229 e. The van der Waals surface area contributed by atoms with Crippen LogP contribution in [0.4, 0.5) is 5.69 Å². The van der Waals surface area contributed by atoms with Crippen LogP contribution in [0, 0.1) is 0 Å². The van der Waals surface area contributed by atoms with Gasteiger partial charge in [-0.25, -0.2) is 8.42 Å².